The summed E-state index contributed by atoms with van der Waals surface area (Å²) in [5.41, 5.74) is 1.22. The molecular weight excluding hydrogens is 234 g/mol. The Labute approximate surface area is 104 Å². The van der Waals surface area contributed by atoms with E-state index in [2.05, 4.69) is 0 Å². The lowest BCUT2D eigenvalue weighted by Crippen LogP contribution is -2.25. The Morgan fingerprint density at radius 1 is 1.39 bits per heavy atom. The third kappa shape index (κ3) is 1.90. The fourth-order valence-electron chi connectivity index (χ4n) is 2.16. The number of rotatable bonds is 2. The van der Waals surface area contributed by atoms with Crippen molar-refractivity contribution in [2.45, 2.75) is 25.6 Å². The molecule has 1 aromatic heterocycles. The van der Waals surface area contributed by atoms with Crippen LogP contribution in [0.15, 0.2) is 27.4 Å². The SMILES string of the molecule is Cn1c(=O)oc2c(OC3CCCCO3)cccc21. The Hall–Kier alpha value is -1.75. The zero-order valence-electron chi connectivity index (χ0n) is 10.2. The van der Waals surface area contributed by atoms with Gasteiger partial charge in [-0.05, 0) is 25.0 Å². The minimum atomic E-state index is -0.384. The third-order valence-electron chi connectivity index (χ3n) is 3.18. The van der Waals surface area contributed by atoms with Gasteiger partial charge in [-0.25, -0.2) is 4.79 Å². The van der Waals surface area contributed by atoms with Crippen LogP contribution in [-0.2, 0) is 11.8 Å². The van der Waals surface area contributed by atoms with E-state index in [-0.39, 0.29) is 12.0 Å². The van der Waals surface area contributed by atoms with Crippen molar-refractivity contribution in [1.29, 1.82) is 0 Å². The van der Waals surface area contributed by atoms with Crippen LogP contribution in [0.4, 0.5) is 0 Å². The molecule has 1 saturated heterocycles. The van der Waals surface area contributed by atoms with Gasteiger partial charge in [-0.1, -0.05) is 6.07 Å². The van der Waals surface area contributed by atoms with Crippen LogP contribution >= 0.6 is 0 Å². The highest BCUT2D eigenvalue weighted by Crippen LogP contribution is 2.27. The lowest BCUT2D eigenvalue weighted by atomic mass is 10.2. The highest BCUT2D eigenvalue weighted by molar-refractivity contribution is 5.79. The van der Waals surface area contributed by atoms with Gasteiger partial charge in [0.05, 0.1) is 12.1 Å². The predicted octanol–water partition coefficient (Wildman–Crippen LogP) is 2.04. The smallest absolute Gasteiger partial charge is 0.419 e. The summed E-state index contributed by atoms with van der Waals surface area (Å²) in [6, 6.07) is 5.47. The molecule has 1 unspecified atom stereocenters. The fourth-order valence-corrected chi connectivity index (χ4v) is 2.16. The van der Waals surface area contributed by atoms with Crippen molar-refractivity contribution >= 4 is 11.1 Å². The molecule has 0 N–H and O–H groups in total. The van der Waals surface area contributed by atoms with Crippen LogP contribution in [0.25, 0.3) is 11.1 Å². The summed E-state index contributed by atoms with van der Waals surface area (Å²) in [6.07, 6.45) is 2.80. The quantitative estimate of drug-likeness (QED) is 0.817. The molecule has 1 atom stereocenters. The zero-order valence-corrected chi connectivity index (χ0v) is 10.2. The van der Waals surface area contributed by atoms with Crippen molar-refractivity contribution in [2.75, 3.05) is 6.61 Å². The minimum absolute atomic E-state index is 0.241. The number of aromatic nitrogens is 1. The van der Waals surface area contributed by atoms with Crippen molar-refractivity contribution in [1.82, 2.24) is 4.57 Å². The van der Waals surface area contributed by atoms with Gasteiger partial charge in [-0.3, -0.25) is 4.57 Å². The summed E-state index contributed by atoms with van der Waals surface area (Å²) in [4.78, 5) is 11.5. The lowest BCUT2D eigenvalue weighted by Gasteiger charge is -2.23. The standard InChI is InChI=1S/C13H15NO4/c1-14-9-5-4-6-10(12(9)18-13(14)15)17-11-7-2-3-8-16-11/h4-6,11H,2-3,7-8H2,1H3. The van der Waals surface area contributed by atoms with E-state index in [0.29, 0.717) is 11.3 Å². The van der Waals surface area contributed by atoms with Gasteiger partial charge in [0.1, 0.15) is 0 Å². The Morgan fingerprint density at radius 2 is 2.28 bits per heavy atom. The monoisotopic (exact) mass is 249 g/mol. The van der Waals surface area contributed by atoms with E-state index in [9.17, 15) is 4.79 Å². The van der Waals surface area contributed by atoms with E-state index in [1.165, 1.54) is 4.57 Å². The maximum Gasteiger partial charge on any atom is 0.419 e. The van der Waals surface area contributed by atoms with Gasteiger partial charge in [-0.2, -0.15) is 0 Å². The van der Waals surface area contributed by atoms with Gasteiger partial charge in [0.2, 0.25) is 0 Å². The van der Waals surface area contributed by atoms with Crippen LogP contribution in [0, 0.1) is 0 Å². The Bertz CT molecular complexity index is 607. The van der Waals surface area contributed by atoms with Crippen LogP contribution in [0.3, 0.4) is 0 Å². The molecule has 0 bridgehead atoms. The molecule has 0 spiro atoms. The highest BCUT2D eigenvalue weighted by atomic mass is 16.7. The summed E-state index contributed by atoms with van der Waals surface area (Å²) in [7, 11) is 1.68. The fraction of sp³-hybridized carbons (Fsp3) is 0.462. The van der Waals surface area contributed by atoms with Crippen LogP contribution in [-0.4, -0.2) is 17.5 Å². The number of aryl methyl sites for hydroxylation is 1. The van der Waals surface area contributed by atoms with Gasteiger partial charge in [0.25, 0.3) is 0 Å². The van der Waals surface area contributed by atoms with E-state index in [0.717, 1.165) is 31.4 Å². The molecule has 0 saturated carbocycles. The van der Waals surface area contributed by atoms with Crippen molar-refractivity contribution in [3.63, 3.8) is 0 Å². The third-order valence-corrected chi connectivity index (χ3v) is 3.18. The van der Waals surface area contributed by atoms with Gasteiger partial charge in [0, 0.05) is 13.5 Å². The van der Waals surface area contributed by atoms with Crippen LogP contribution in [0.1, 0.15) is 19.3 Å². The van der Waals surface area contributed by atoms with E-state index in [1.807, 2.05) is 12.1 Å². The van der Waals surface area contributed by atoms with E-state index >= 15 is 0 Å². The molecule has 0 radical (unpaired) electrons. The number of hydrogen-bond donors (Lipinski definition) is 0. The number of nitrogens with zero attached hydrogens (tertiary/aromatic N) is 1. The molecule has 0 amide bonds. The molecule has 2 aromatic rings. The molecule has 96 valence electrons. The summed E-state index contributed by atoms with van der Waals surface area (Å²) < 4.78 is 17.9. The average Bonchev–Trinajstić information content (AvgIpc) is 2.69. The molecule has 5 nitrogen and oxygen atoms in total. The number of oxazole rings is 1. The first-order valence-electron chi connectivity index (χ1n) is 6.12. The summed E-state index contributed by atoms with van der Waals surface area (Å²) in [6.45, 7) is 0.722. The van der Waals surface area contributed by atoms with Crippen LogP contribution < -0.4 is 10.5 Å². The predicted molar refractivity (Wildman–Crippen MR) is 65.7 cm³/mol. The van der Waals surface area contributed by atoms with E-state index in [4.69, 9.17) is 13.9 Å². The van der Waals surface area contributed by atoms with Gasteiger partial charge >= 0.3 is 5.76 Å². The number of hydrogen-bond acceptors (Lipinski definition) is 4. The Morgan fingerprint density at radius 3 is 3.06 bits per heavy atom. The van der Waals surface area contributed by atoms with Crippen molar-refractivity contribution < 1.29 is 13.9 Å². The summed E-state index contributed by atoms with van der Waals surface area (Å²) in [5.74, 6) is 0.183. The van der Waals surface area contributed by atoms with Crippen molar-refractivity contribution in [3.05, 3.63) is 28.7 Å². The van der Waals surface area contributed by atoms with Crippen molar-refractivity contribution in [3.8, 4) is 5.75 Å². The van der Waals surface area contributed by atoms with Crippen LogP contribution in [0.2, 0.25) is 0 Å². The Kier molecular flexibility index (Phi) is 2.83. The molecule has 18 heavy (non-hydrogen) atoms. The second-order valence-electron chi connectivity index (χ2n) is 4.45. The summed E-state index contributed by atoms with van der Waals surface area (Å²) >= 11 is 0. The molecule has 1 fully saturated rings. The first-order chi connectivity index (χ1) is 8.75. The second kappa shape index (κ2) is 4.49. The molecule has 1 aliphatic rings. The largest absolute Gasteiger partial charge is 0.461 e. The molecule has 1 aromatic carbocycles. The molecule has 0 aliphatic carbocycles. The van der Waals surface area contributed by atoms with Gasteiger partial charge in [0.15, 0.2) is 17.6 Å². The first kappa shape index (κ1) is 11.3. The maximum atomic E-state index is 11.5. The average molecular weight is 249 g/mol. The summed E-state index contributed by atoms with van der Waals surface area (Å²) in [5, 5.41) is 0. The normalized spacial score (nSPS) is 20.2. The van der Waals surface area contributed by atoms with Crippen LogP contribution in [0.5, 0.6) is 5.75 Å². The molecule has 3 rings (SSSR count). The molecular formula is C13H15NO4. The number of para-hydroxylation sites is 1. The second-order valence-corrected chi connectivity index (χ2v) is 4.45. The first-order valence-corrected chi connectivity index (χ1v) is 6.12. The van der Waals surface area contributed by atoms with Gasteiger partial charge in [-0.15, -0.1) is 0 Å². The Balaban J connectivity index is 1.96. The number of benzene rings is 1. The van der Waals surface area contributed by atoms with Gasteiger partial charge < -0.3 is 13.9 Å². The highest BCUT2D eigenvalue weighted by Gasteiger charge is 2.18. The topological polar surface area (TPSA) is 53.6 Å². The molecule has 2 heterocycles. The van der Waals surface area contributed by atoms with E-state index in [1.54, 1.807) is 13.1 Å². The minimum Gasteiger partial charge on any atom is -0.461 e. The number of fused-ring (bicyclic) bond motifs is 1. The van der Waals surface area contributed by atoms with Crippen molar-refractivity contribution in [2.24, 2.45) is 7.05 Å². The molecule has 1 aliphatic heterocycles. The number of ether oxygens (including phenoxy) is 2. The zero-order chi connectivity index (χ0) is 12.5. The lowest BCUT2D eigenvalue weighted by molar-refractivity contribution is -0.105. The maximum absolute atomic E-state index is 11.5. The van der Waals surface area contributed by atoms with E-state index < -0.39 is 0 Å². The molecule has 5 heteroatoms.